The van der Waals surface area contributed by atoms with Gasteiger partial charge in [0.15, 0.2) is 6.10 Å². The Morgan fingerprint density at radius 2 is 1.83 bits per heavy atom. The van der Waals surface area contributed by atoms with Crippen molar-refractivity contribution in [2.75, 3.05) is 6.54 Å². The minimum atomic E-state index is -0.673. The number of alkyl carbamates (subject to hydrolysis) is 1. The first-order valence-corrected chi connectivity index (χ1v) is 12.5. The van der Waals surface area contributed by atoms with Crippen LogP contribution in [0.15, 0.2) is 42.5 Å². The summed E-state index contributed by atoms with van der Waals surface area (Å²) < 4.78 is 11.1. The molecule has 0 bridgehead atoms. The highest BCUT2D eigenvalue weighted by Crippen LogP contribution is 2.34. The van der Waals surface area contributed by atoms with Crippen molar-refractivity contribution in [1.82, 2.24) is 15.5 Å². The summed E-state index contributed by atoms with van der Waals surface area (Å²) in [6.45, 7) is 6.74. The van der Waals surface area contributed by atoms with E-state index in [-0.39, 0.29) is 24.9 Å². The second kappa shape index (κ2) is 10.9. The lowest BCUT2D eigenvalue weighted by molar-refractivity contribution is -0.148. The second-order valence-corrected chi connectivity index (χ2v) is 10.5. The highest BCUT2D eigenvalue weighted by atomic mass is 35.5. The quantitative estimate of drug-likeness (QED) is 0.602. The number of fused-ring (bicyclic) bond motifs is 1. The van der Waals surface area contributed by atoms with Gasteiger partial charge in [-0.05, 0) is 68.0 Å². The van der Waals surface area contributed by atoms with E-state index < -0.39 is 23.8 Å². The van der Waals surface area contributed by atoms with Crippen LogP contribution in [0.25, 0.3) is 0 Å². The van der Waals surface area contributed by atoms with E-state index >= 15 is 0 Å². The second-order valence-electron chi connectivity index (χ2n) is 10.1. The van der Waals surface area contributed by atoms with Crippen molar-refractivity contribution in [2.45, 2.75) is 71.1 Å². The molecule has 1 unspecified atom stereocenters. The number of rotatable bonds is 6. The van der Waals surface area contributed by atoms with E-state index in [4.69, 9.17) is 21.1 Å². The lowest BCUT2D eigenvalue weighted by Gasteiger charge is -2.26. The van der Waals surface area contributed by atoms with Gasteiger partial charge in [-0.25, -0.2) is 4.79 Å². The molecule has 2 aromatic carbocycles. The van der Waals surface area contributed by atoms with Gasteiger partial charge in [0.2, 0.25) is 5.91 Å². The summed E-state index contributed by atoms with van der Waals surface area (Å²) in [6, 6.07) is 12.4. The minimum Gasteiger partial charge on any atom is -0.444 e. The van der Waals surface area contributed by atoms with E-state index in [0.717, 1.165) is 28.7 Å². The first-order chi connectivity index (χ1) is 17.1. The van der Waals surface area contributed by atoms with Gasteiger partial charge in [-0.1, -0.05) is 41.9 Å². The number of hydrogen-bond donors (Lipinski definition) is 2. The van der Waals surface area contributed by atoms with Crippen LogP contribution in [0.3, 0.4) is 0 Å². The summed E-state index contributed by atoms with van der Waals surface area (Å²) in [6.07, 6.45) is 0.144. The monoisotopic (exact) mass is 513 g/mol. The Kier molecular flexibility index (Phi) is 7.85. The maximum absolute atomic E-state index is 13.3. The third kappa shape index (κ3) is 6.17. The SMILES string of the molecule is CC(C)(C)OC(=O)NCc1ccc(Cl)cc1CNC(=O)[C@@H]1CCCN1C(=O)C1OCc2ccccc21. The van der Waals surface area contributed by atoms with Crippen LogP contribution >= 0.6 is 11.6 Å². The molecule has 0 aliphatic carbocycles. The maximum Gasteiger partial charge on any atom is 0.407 e. The summed E-state index contributed by atoms with van der Waals surface area (Å²) in [7, 11) is 0. The zero-order valence-electron chi connectivity index (χ0n) is 20.8. The molecule has 2 N–H and O–H groups in total. The van der Waals surface area contributed by atoms with Crippen molar-refractivity contribution in [3.8, 4) is 0 Å². The lowest BCUT2D eigenvalue weighted by Crippen LogP contribution is -2.47. The molecular weight excluding hydrogens is 482 g/mol. The molecule has 0 saturated carbocycles. The van der Waals surface area contributed by atoms with E-state index in [1.54, 1.807) is 37.8 Å². The Hall–Kier alpha value is -3.10. The third-order valence-corrected chi connectivity index (χ3v) is 6.48. The molecule has 2 aliphatic heterocycles. The number of ether oxygens (including phenoxy) is 2. The Morgan fingerprint density at radius 3 is 2.61 bits per heavy atom. The van der Waals surface area contributed by atoms with Crippen molar-refractivity contribution in [3.63, 3.8) is 0 Å². The zero-order chi connectivity index (χ0) is 25.9. The van der Waals surface area contributed by atoms with Crippen LogP contribution in [0.4, 0.5) is 4.79 Å². The van der Waals surface area contributed by atoms with Crippen LogP contribution in [0.2, 0.25) is 5.02 Å². The zero-order valence-corrected chi connectivity index (χ0v) is 21.6. The van der Waals surface area contributed by atoms with Crippen molar-refractivity contribution >= 4 is 29.5 Å². The Bertz CT molecular complexity index is 1150. The number of hydrogen-bond acceptors (Lipinski definition) is 5. The molecule has 2 aliphatic rings. The topological polar surface area (TPSA) is 97.0 Å². The molecule has 2 atom stereocenters. The fourth-order valence-corrected chi connectivity index (χ4v) is 4.75. The van der Waals surface area contributed by atoms with Crippen LogP contribution in [0.1, 0.15) is 62.0 Å². The van der Waals surface area contributed by atoms with E-state index in [0.29, 0.717) is 24.6 Å². The largest absolute Gasteiger partial charge is 0.444 e. The van der Waals surface area contributed by atoms with E-state index in [2.05, 4.69) is 10.6 Å². The Labute approximate surface area is 216 Å². The number of carbonyl (C=O) groups is 3. The normalized spacial score (nSPS) is 19.1. The predicted molar refractivity (Wildman–Crippen MR) is 135 cm³/mol. The molecule has 1 saturated heterocycles. The van der Waals surface area contributed by atoms with Gasteiger partial charge >= 0.3 is 6.09 Å². The lowest BCUT2D eigenvalue weighted by atomic mass is 10.0. The summed E-state index contributed by atoms with van der Waals surface area (Å²) in [5.41, 5.74) is 2.85. The molecular formula is C27H32ClN3O5. The fraction of sp³-hybridized carbons (Fsp3) is 0.444. The van der Waals surface area contributed by atoms with Crippen molar-refractivity contribution < 1.29 is 23.9 Å². The molecule has 8 nitrogen and oxygen atoms in total. The molecule has 0 radical (unpaired) electrons. The van der Waals surface area contributed by atoms with Crippen molar-refractivity contribution in [2.24, 2.45) is 0 Å². The molecule has 36 heavy (non-hydrogen) atoms. The van der Waals surface area contributed by atoms with E-state index in [1.165, 1.54) is 0 Å². The number of amides is 3. The van der Waals surface area contributed by atoms with Crippen molar-refractivity contribution in [3.05, 3.63) is 69.7 Å². The van der Waals surface area contributed by atoms with E-state index in [1.807, 2.05) is 30.3 Å². The molecule has 1 fully saturated rings. The van der Waals surface area contributed by atoms with Crippen LogP contribution in [0.5, 0.6) is 0 Å². The fourth-order valence-electron chi connectivity index (χ4n) is 4.56. The smallest absolute Gasteiger partial charge is 0.407 e. The van der Waals surface area contributed by atoms with Gasteiger partial charge in [-0.3, -0.25) is 9.59 Å². The molecule has 0 aromatic heterocycles. The van der Waals surface area contributed by atoms with E-state index in [9.17, 15) is 14.4 Å². The highest BCUT2D eigenvalue weighted by Gasteiger charge is 2.40. The molecule has 3 amide bonds. The number of nitrogens with zero attached hydrogens (tertiary/aromatic N) is 1. The molecule has 192 valence electrons. The van der Waals surface area contributed by atoms with Crippen LogP contribution in [-0.4, -0.2) is 41.0 Å². The molecule has 2 heterocycles. The first-order valence-electron chi connectivity index (χ1n) is 12.1. The average molecular weight is 514 g/mol. The molecule has 9 heteroatoms. The van der Waals surface area contributed by atoms with Crippen LogP contribution < -0.4 is 10.6 Å². The minimum absolute atomic E-state index is 0.178. The number of carbonyl (C=O) groups excluding carboxylic acids is 3. The van der Waals surface area contributed by atoms with Gasteiger partial charge in [0.05, 0.1) is 6.61 Å². The van der Waals surface area contributed by atoms with Crippen LogP contribution in [-0.2, 0) is 38.8 Å². The van der Waals surface area contributed by atoms with Crippen LogP contribution in [0, 0.1) is 0 Å². The summed E-state index contributed by atoms with van der Waals surface area (Å²) in [5, 5.41) is 6.21. The number of likely N-dealkylation sites (tertiary alicyclic amines) is 1. The first kappa shape index (κ1) is 26.0. The standard InChI is InChI=1S/C27H32ClN3O5/c1-27(2,3)36-26(34)30-14-17-10-11-20(28)13-19(17)15-29-24(32)22-9-6-12-31(22)25(33)23-21-8-5-4-7-18(21)16-35-23/h4-5,7-8,10-11,13,22-23H,6,9,12,14-16H2,1-3H3,(H,29,32)(H,30,34)/t22-,23?/m0/s1. The Morgan fingerprint density at radius 1 is 1.08 bits per heavy atom. The number of benzene rings is 2. The number of halogens is 1. The van der Waals surface area contributed by atoms with Gasteiger partial charge in [-0.2, -0.15) is 0 Å². The summed E-state index contributed by atoms with van der Waals surface area (Å²) >= 11 is 6.20. The van der Waals surface area contributed by atoms with Gasteiger partial charge in [0.1, 0.15) is 11.6 Å². The molecule has 0 spiro atoms. The third-order valence-electron chi connectivity index (χ3n) is 6.25. The average Bonchev–Trinajstić information content (AvgIpc) is 3.48. The van der Waals surface area contributed by atoms with Gasteiger partial charge in [0.25, 0.3) is 5.91 Å². The molecule has 2 aromatic rings. The Balaban J connectivity index is 1.38. The predicted octanol–water partition coefficient (Wildman–Crippen LogP) is 4.24. The van der Waals surface area contributed by atoms with Gasteiger partial charge < -0.3 is 25.0 Å². The maximum atomic E-state index is 13.3. The summed E-state index contributed by atoms with van der Waals surface area (Å²) in [5.74, 6) is -0.402. The summed E-state index contributed by atoms with van der Waals surface area (Å²) in [4.78, 5) is 40.1. The number of nitrogens with one attached hydrogen (secondary N) is 2. The van der Waals surface area contributed by atoms with Gasteiger partial charge in [-0.15, -0.1) is 0 Å². The van der Waals surface area contributed by atoms with Crippen molar-refractivity contribution in [1.29, 1.82) is 0 Å². The highest BCUT2D eigenvalue weighted by molar-refractivity contribution is 6.30. The van der Waals surface area contributed by atoms with Gasteiger partial charge in [0, 0.05) is 24.7 Å². The molecule has 4 rings (SSSR count).